The number of nitrogens with two attached hydrogens (primary N) is 1. The van der Waals surface area contributed by atoms with Crippen LogP contribution in [0.3, 0.4) is 0 Å². The summed E-state index contributed by atoms with van der Waals surface area (Å²) in [5, 5.41) is 18.6. The van der Waals surface area contributed by atoms with E-state index in [4.69, 9.17) is 10.8 Å². The highest BCUT2D eigenvalue weighted by Gasteiger charge is 2.46. The molecule has 0 aromatic heterocycles. The van der Waals surface area contributed by atoms with Crippen LogP contribution in [0.5, 0.6) is 0 Å². The number of nitro benzene ring substituents is 1. The summed E-state index contributed by atoms with van der Waals surface area (Å²) < 4.78 is 26.1. The van der Waals surface area contributed by atoms with Crippen LogP contribution in [0.1, 0.15) is 11.6 Å². The van der Waals surface area contributed by atoms with Crippen LogP contribution in [0.15, 0.2) is 24.3 Å². The summed E-state index contributed by atoms with van der Waals surface area (Å²) in [4.78, 5) is 19.9. The fourth-order valence-corrected chi connectivity index (χ4v) is 1.15. The molecule has 8 heteroatoms. The van der Waals surface area contributed by atoms with Gasteiger partial charge in [0.25, 0.3) is 5.69 Å². The second-order valence-corrected chi connectivity index (χ2v) is 3.25. The minimum atomic E-state index is -4.13. The SMILES string of the molecule is N[C@H](c1ccc([N+](=O)[O-])cc1)C(F)(F)C(=O)O. The number of carbonyl (C=O) groups is 1. The Morgan fingerprint density at radius 1 is 1.41 bits per heavy atom. The van der Waals surface area contributed by atoms with E-state index in [0.29, 0.717) is 0 Å². The molecule has 1 aromatic carbocycles. The van der Waals surface area contributed by atoms with E-state index >= 15 is 0 Å². The van der Waals surface area contributed by atoms with Gasteiger partial charge in [0, 0.05) is 12.1 Å². The molecule has 0 heterocycles. The van der Waals surface area contributed by atoms with Crippen LogP contribution in [-0.2, 0) is 4.79 Å². The quantitative estimate of drug-likeness (QED) is 0.615. The Balaban J connectivity index is 3.02. The van der Waals surface area contributed by atoms with Crippen molar-refractivity contribution in [1.82, 2.24) is 0 Å². The molecule has 6 nitrogen and oxygen atoms in total. The lowest BCUT2D eigenvalue weighted by molar-refractivity contribution is -0.384. The molecule has 0 aliphatic rings. The third-order valence-corrected chi connectivity index (χ3v) is 2.14. The second-order valence-electron chi connectivity index (χ2n) is 3.25. The second kappa shape index (κ2) is 4.42. The largest absolute Gasteiger partial charge is 0.477 e. The van der Waals surface area contributed by atoms with Gasteiger partial charge in [-0.25, -0.2) is 4.79 Å². The number of benzene rings is 1. The maximum absolute atomic E-state index is 13.0. The van der Waals surface area contributed by atoms with E-state index in [0.717, 1.165) is 24.3 Å². The molecular weight excluding hydrogens is 238 g/mol. The van der Waals surface area contributed by atoms with Gasteiger partial charge in [0.1, 0.15) is 6.04 Å². The molecule has 0 aliphatic heterocycles. The van der Waals surface area contributed by atoms with Gasteiger partial charge in [0.2, 0.25) is 0 Å². The Labute approximate surface area is 93.8 Å². The standard InChI is InChI=1S/C9H8F2N2O4/c10-9(11,8(14)15)7(12)5-1-3-6(4-2-5)13(16)17/h1-4,7H,12H2,(H,14,15)/t7-/m1/s1. The number of halogens is 2. The number of carboxylic acids is 1. The molecule has 0 saturated heterocycles. The van der Waals surface area contributed by atoms with Gasteiger partial charge in [-0.05, 0) is 5.56 Å². The number of rotatable bonds is 4. The Hall–Kier alpha value is -2.09. The first-order chi connectivity index (χ1) is 7.76. The molecule has 0 radical (unpaired) electrons. The summed E-state index contributed by atoms with van der Waals surface area (Å²) in [5.41, 5.74) is 4.62. The zero-order chi connectivity index (χ0) is 13.2. The van der Waals surface area contributed by atoms with Crippen molar-refractivity contribution in [2.24, 2.45) is 5.73 Å². The topological polar surface area (TPSA) is 106 Å². The number of nitro groups is 1. The molecule has 1 atom stereocenters. The zero-order valence-corrected chi connectivity index (χ0v) is 8.34. The predicted octanol–water partition coefficient (Wildman–Crippen LogP) is 1.31. The number of alkyl halides is 2. The van der Waals surface area contributed by atoms with E-state index in [1.54, 1.807) is 0 Å². The fourth-order valence-electron chi connectivity index (χ4n) is 1.15. The monoisotopic (exact) mass is 246 g/mol. The molecule has 0 unspecified atom stereocenters. The maximum atomic E-state index is 13.0. The molecule has 0 saturated carbocycles. The van der Waals surface area contributed by atoms with Crippen molar-refractivity contribution in [3.63, 3.8) is 0 Å². The Kier molecular flexibility index (Phi) is 3.37. The molecule has 1 aromatic rings. The van der Waals surface area contributed by atoms with Crippen molar-refractivity contribution in [3.05, 3.63) is 39.9 Å². The lowest BCUT2D eigenvalue weighted by Crippen LogP contribution is -2.40. The van der Waals surface area contributed by atoms with Crippen LogP contribution >= 0.6 is 0 Å². The van der Waals surface area contributed by atoms with Crippen molar-refractivity contribution in [2.75, 3.05) is 0 Å². The highest BCUT2D eigenvalue weighted by molar-refractivity contribution is 5.76. The number of hydrogen-bond acceptors (Lipinski definition) is 4. The highest BCUT2D eigenvalue weighted by Crippen LogP contribution is 2.30. The van der Waals surface area contributed by atoms with E-state index in [1.807, 2.05) is 0 Å². The molecule has 0 fully saturated rings. The molecule has 92 valence electrons. The predicted molar refractivity (Wildman–Crippen MR) is 52.6 cm³/mol. The summed E-state index contributed by atoms with van der Waals surface area (Å²) in [6.45, 7) is 0. The smallest absolute Gasteiger partial charge is 0.376 e. The number of carboxylic acid groups (broad SMARTS) is 1. The Bertz CT molecular complexity index is 447. The third-order valence-electron chi connectivity index (χ3n) is 2.14. The summed E-state index contributed by atoms with van der Waals surface area (Å²) in [6.07, 6.45) is 0. The average Bonchev–Trinajstić information content (AvgIpc) is 2.27. The molecule has 3 N–H and O–H groups in total. The number of nitrogens with zero attached hydrogens (tertiary/aromatic N) is 1. The maximum Gasteiger partial charge on any atom is 0.376 e. The normalized spacial score (nSPS) is 13.1. The van der Waals surface area contributed by atoms with Gasteiger partial charge in [-0.2, -0.15) is 8.78 Å². The van der Waals surface area contributed by atoms with Crippen LogP contribution in [0.4, 0.5) is 14.5 Å². The highest BCUT2D eigenvalue weighted by atomic mass is 19.3. The van der Waals surface area contributed by atoms with E-state index in [1.165, 1.54) is 0 Å². The fraction of sp³-hybridized carbons (Fsp3) is 0.222. The Morgan fingerprint density at radius 2 is 1.88 bits per heavy atom. The van der Waals surface area contributed by atoms with Crippen molar-refractivity contribution < 1.29 is 23.6 Å². The van der Waals surface area contributed by atoms with Crippen molar-refractivity contribution in [3.8, 4) is 0 Å². The Morgan fingerprint density at radius 3 is 2.24 bits per heavy atom. The summed E-state index contributed by atoms with van der Waals surface area (Å²) in [6, 6.07) is 1.90. The van der Waals surface area contributed by atoms with E-state index in [9.17, 15) is 23.7 Å². The molecular formula is C9H8F2N2O4. The minimum Gasteiger partial charge on any atom is -0.477 e. The molecule has 0 spiro atoms. The van der Waals surface area contributed by atoms with Crippen molar-refractivity contribution in [2.45, 2.75) is 12.0 Å². The summed E-state index contributed by atoms with van der Waals surface area (Å²) in [5.74, 6) is -6.47. The number of aliphatic carboxylic acids is 1. The van der Waals surface area contributed by atoms with Crippen molar-refractivity contribution in [1.29, 1.82) is 0 Å². The lowest BCUT2D eigenvalue weighted by atomic mass is 10.0. The molecule has 0 bridgehead atoms. The van der Waals surface area contributed by atoms with Crippen LogP contribution < -0.4 is 5.73 Å². The van der Waals surface area contributed by atoms with Crippen LogP contribution in [-0.4, -0.2) is 21.9 Å². The van der Waals surface area contributed by atoms with Crippen LogP contribution in [0.25, 0.3) is 0 Å². The number of hydrogen-bond donors (Lipinski definition) is 2. The first-order valence-corrected chi connectivity index (χ1v) is 4.38. The van der Waals surface area contributed by atoms with Gasteiger partial charge in [-0.15, -0.1) is 0 Å². The summed E-state index contributed by atoms with van der Waals surface area (Å²) in [7, 11) is 0. The van der Waals surface area contributed by atoms with Gasteiger partial charge in [0.15, 0.2) is 0 Å². The summed E-state index contributed by atoms with van der Waals surface area (Å²) >= 11 is 0. The van der Waals surface area contributed by atoms with Gasteiger partial charge in [0.05, 0.1) is 4.92 Å². The molecule has 1 rings (SSSR count). The van der Waals surface area contributed by atoms with Gasteiger partial charge in [-0.1, -0.05) is 12.1 Å². The first kappa shape index (κ1) is 13.0. The van der Waals surface area contributed by atoms with E-state index in [-0.39, 0.29) is 11.3 Å². The van der Waals surface area contributed by atoms with Gasteiger partial charge in [-0.3, -0.25) is 10.1 Å². The van der Waals surface area contributed by atoms with Crippen molar-refractivity contribution >= 4 is 11.7 Å². The molecule has 17 heavy (non-hydrogen) atoms. The van der Waals surface area contributed by atoms with Crippen LogP contribution in [0.2, 0.25) is 0 Å². The number of non-ortho nitro benzene ring substituents is 1. The average molecular weight is 246 g/mol. The molecule has 0 amide bonds. The van der Waals surface area contributed by atoms with Gasteiger partial charge < -0.3 is 10.8 Å². The minimum absolute atomic E-state index is 0.192. The third kappa shape index (κ3) is 2.53. The van der Waals surface area contributed by atoms with E-state index < -0.39 is 22.9 Å². The van der Waals surface area contributed by atoms with E-state index in [2.05, 4.69) is 0 Å². The lowest BCUT2D eigenvalue weighted by Gasteiger charge is -2.19. The van der Waals surface area contributed by atoms with Crippen LogP contribution in [0, 0.1) is 10.1 Å². The zero-order valence-electron chi connectivity index (χ0n) is 8.34. The first-order valence-electron chi connectivity index (χ1n) is 4.38. The molecule has 0 aliphatic carbocycles. The van der Waals surface area contributed by atoms with Gasteiger partial charge >= 0.3 is 11.9 Å².